The number of carboxylic acid groups (broad SMARTS) is 1. The van der Waals surface area contributed by atoms with E-state index in [2.05, 4.69) is 0 Å². The van der Waals surface area contributed by atoms with Gasteiger partial charge in [0, 0.05) is 26.2 Å². The third-order valence-corrected chi connectivity index (χ3v) is 3.14. The van der Waals surface area contributed by atoms with Crippen LogP contribution in [0.1, 0.15) is 20.3 Å². The maximum absolute atomic E-state index is 12.0. The van der Waals surface area contributed by atoms with Crippen LogP contribution in [-0.2, 0) is 4.79 Å². The number of likely N-dealkylation sites (tertiary alicyclic amines) is 1. The molecule has 1 aliphatic heterocycles. The molecule has 6 heteroatoms. The molecule has 1 heterocycles. The van der Waals surface area contributed by atoms with E-state index in [1.807, 2.05) is 0 Å². The van der Waals surface area contributed by atoms with Gasteiger partial charge in [0.05, 0.1) is 0 Å². The second kappa shape index (κ2) is 4.29. The maximum Gasteiger partial charge on any atom is 0.329 e. The quantitative estimate of drug-likeness (QED) is 0.694. The number of likely N-dealkylation sites (N-methyl/N-ethyl adjacent to an activating group) is 1. The van der Waals surface area contributed by atoms with Crippen molar-refractivity contribution in [1.29, 1.82) is 0 Å². The number of hydrogen-bond donors (Lipinski definition) is 2. The first-order valence-electron chi connectivity index (χ1n) is 5.28. The van der Waals surface area contributed by atoms with Crippen molar-refractivity contribution >= 4 is 12.0 Å². The second-order valence-electron chi connectivity index (χ2n) is 4.70. The molecule has 0 spiro atoms. The van der Waals surface area contributed by atoms with Gasteiger partial charge in [0.1, 0.15) is 5.54 Å². The van der Waals surface area contributed by atoms with Crippen molar-refractivity contribution in [3.63, 3.8) is 0 Å². The first-order valence-corrected chi connectivity index (χ1v) is 5.28. The molecule has 0 aromatic rings. The number of nitrogens with zero attached hydrogens (tertiary/aromatic N) is 2. The van der Waals surface area contributed by atoms with Crippen molar-refractivity contribution in [3.8, 4) is 0 Å². The molecule has 1 unspecified atom stereocenters. The molecule has 0 bridgehead atoms. The number of carboxylic acids is 1. The topological polar surface area (TPSA) is 86.9 Å². The molecule has 1 fully saturated rings. The second-order valence-corrected chi connectivity index (χ2v) is 4.70. The Morgan fingerprint density at radius 1 is 1.50 bits per heavy atom. The number of amides is 2. The summed E-state index contributed by atoms with van der Waals surface area (Å²) in [6, 6.07) is -0.273. The van der Waals surface area contributed by atoms with Crippen LogP contribution >= 0.6 is 0 Å². The Hall–Kier alpha value is -1.30. The predicted molar refractivity (Wildman–Crippen MR) is 59.0 cm³/mol. The zero-order valence-corrected chi connectivity index (χ0v) is 9.93. The van der Waals surface area contributed by atoms with Gasteiger partial charge in [-0.25, -0.2) is 9.59 Å². The first kappa shape index (κ1) is 12.8. The highest BCUT2D eigenvalue weighted by Gasteiger charge is 2.38. The Morgan fingerprint density at radius 2 is 2.06 bits per heavy atom. The van der Waals surface area contributed by atoms with Gasteiger partial charge in [0.25, 0.3) is 0 Å². The lowest BCUT2D eigenvalue weighted by Crippen LogP contribution is -2.54. The van der Waals surface area contributed by atoms with Crippen molar-refractivity contribution in [1.82, 2.24) is 9.80 Å². The van der Waals surface area contributed by atoms with Gasteiger partial charge in [-0.1, -0.05) is 0 Å². The minimum absolute atomic E-state index is 0.00490. The van der Waals surface area contributed by atoms with E-state index < -0.39 is 11.5 Å². The van der Waals surface area contributed by atoms with Crippen LogP contribution in [-0.4, -0.2) is 58.6 Å². The van der Waals surface area contributed by atoms with Crippen molar-refractivity contribution in [2.24, 2.45) is 5.73 Å². The van der Waals surface area contributed by atoms with E-state index >= 15 is 0 Å². The fraction of sp³-hybridized carbons (Fsp3) is 0.800. The molecule has 2 amide bonds. The Balaban J connectivity index is 2.71. The maximum atomic E-state index is 12.0. The van der Waals surface area contributed by atoms with E-state index in [-0.39, 0.29) is 12.1 Å². The van der Waals surface area contributed by atoms with Gasteiger partial charge in [0.2, 0.25) is 0 Å². The Bertz CT molecular complexity index is 304. The van der Waals surface area contributed by atoms with Crippen molar-refractivity contribution in [2.45, 2.75) is 31.8 Å². The lowest BCUT2D eigenvalue weighted by atomic mass is 10.0. The summed E-state index contributed by atoms with van der Waals surface area (Å²) in [4.78, 5) is 25.8. The molecule has 0 aromatic heterocycles. The number of hydrogen-bond acceptors (Lipinski definition) is 3. The highest BCUT2D eigenvalue weighted by Crippen LogP contribution is 2.17. The third kappa shape index (κ3) is 2.27. The smallest absolute Gasteiger partial charge is 0.329 e. The molecule has 0 aromatic carbocycles. The predicted octanol–water partition coefficient (Wildman–Crippen LogP) is -0.0656. The van der Waals surface area contributed by atoms with Crippen LogP contribution in [0.2, 0.25) is 0 Å². The number of carbonyl (C=O) groups excluding carboxylic acids is 1. The van der Waals surface area contributed by atoms with Gasteiger partial charge in [0.15, 0.2) is 0 Å². The average Bonchev–Trinajstić information content (AvgIpc) is 2.62. The molecule has 92 valence electrons. The average molecular weight is 229 g/mol. The van der Waals surface area contributed by atoms with Crippen LogP contribution < -0.4 is 5.73 Å². The lowest BCUT2D eigenvalue weighted by Gasteiger charge is -2.34. The van der Waals surface area contributed by atoms with Gasteiger partial charge >= 0.3 is 12.0 Å². The van der Waals surface area contributed by atoms with Crippen LogP contribution in [0, 0.1) is 0 Å². The number of urea groups is 1. The van der Waals surface area contributed by atoms with E-state index in [4.69, 9.17) is 10.8 Å². The fourth-order valence-electron chi connectivity index (χ4n) is 1.56. The number of carbonyl (C=O) groups is 2. The molecular weight excluding hydrogens is 210 g/mol. The normalized spacial score (nSPS) is 21.0. The van der Waals surface area contributed by atoms with Crippen LogP contribution in [0.5, 0.6) is 0 Å². The van der Waals surface area contributed by atoms with Crippen LogP contribution in [0.25, 0.3) is 0 Å². The van der Waals surface area contributed by atoms with Gasteiger partial charge in [-0.2, -0.15) is 0 Å². The summed E-state index contributed by atoms with van der Waals surface area (Å²) in [5.74, 6) is -1.02. The molecule has 0 saturated carbocycles. The number of nitrogens with two attached hydrogens (primary N) is 1. The van der Waals surface area contributed by atoms with Crippen LogP contribution in [0.3, 0.4) is 0 Å². The SMILES string of the molecule is CN(C(=O)N1CCC(N)C1)C(C)(C)C(=O)O. The minimum atomic E-state index is -1.20. The van der Waals surface area contributed by atoms with E-state index in [1.54, 1.807) is 4.90 Å². The highest BCUT2D eigenvalue weighted by atomic mass is 16.4. The van der Waals surface area contributed by atoms with Gasteiger partial charge < -0.3 is 20.6 Å². The van der Waals surface area contributed by atoms with E-state index in [9.17, 15) is 9.59 Å². The van der Waals surface area contributed by atoms with Crippen molar-refractivity contribution in [2.75, 3.05) is 20.1 Å². The fourth-order valence-corrected chi connectivity index (χ4v) is 1.56. The summed E-state index contributed by atoms with van der Waals surface area (Å²) in [7, 11) is 1.50. The highest BCUT2D eigenvalue weighted by molar-refractivity contribution is 5.85. The molecule has 1 atom stereocenters. The molecule has 16 heavy (non-hydrogen) atoms. The Kier molecular flexibility index (Phi) is 3.42. The zero-order valence-electron chi connectivity index (χ0n) is 9.93. The van der Waals surface area contributed by atoms with Crippen molar-refractivity contribution in [3.05, 3.63) is 0 Å². The zero-order chi connectivity index (χ0) is 12.5. The van der Waals surface area contributed by atoms with E-state index in [0.717, 1.165) is 6.42 Å². The summed E-state index contributed by atoms with van der Waals surface area (Å²) in [5.41, 5.74) is 4.50. The van der Waals surface area contributed by atoms with Gasteiger partial charge in [-0.3, -0.25) is 0 Å². The van der Waals surface area contributed by atoms with Crippen molar-refractivity contribution < 1.29 is 14.7 Å². The Labute approximate surface area is 95.0 Å². The molecule has 3 N–H and O–H groups in total. The van der Waals surface area contributed by atoms with Gasteiger partial charge in [-0.15, -0.1) is 0 Å². The summed E-state index contributed by atoms with van der Waals surface area (Å²) < 4.78 is 0. The summed E-state index contributed by atoms with van der Waals surface area (Å²) in [6.45, 7) is 4.10. The molecule has 1 saturated heterocycles. The Morgan fingerprint density at radius 3 is 2.44 bits per heavy atom. The summed E-state index contributed by atoms with van der Waals surface area (Å²) in [5, 5.41) is 9.02. The monoisotopic (exact) mass is 229 g/mol. The molecule has 0 aliphatic carbocycles. The summed E-state index contributed by atoms with van der Waals surface area (Å²) in [6.07, 6.45) is 0.771. The molecule has 0 radical (unpaired) electrons. The first-order chi connectivity index (χ1) is 7.26. The number of rotatable bonds is 2. The van der Waals surface area contributed by atoms with Gasteiger partial charge in [-0.05, 0) is 20.3 Å². The van der Waals surface area contributed by atoms with E-state index in [0.29, 0.717) is 13.1 Å². The largest absolute Gasteiger partial charge is 0.480 e. The van der Waals surface area contributed by atoms with Crippen LogP contribution in [0.15, 0.2) is 0 Å². The summed E-state index contributed by atoms with van der Waals surface area (Å²) >= 11 is 0. The standard InChI is InChI=1S/C10H19N3O3/c1-10(2,8(14)15)12(3)9(16)13-5-4-7(11)6-13/h7H,4-6,11H2,1-3H3,(H,14,15). The molecule has 1 aliphatic rings. The number of aliphatic carboxylic acids is 1. The van der Waals surface area contributed by atoms with E-state index in [1.165, 1.54) is 25.8 Å². The third-order valence-electron chi connectivity index (χ3n) is 3.14. The molecule has 1 rings (SSSR count). The lowest BCUT2D eigenvalue weighted by molar-refractivity contribution is -0.147. The molecular formula is C10H19N3O3. The van der Waals surface area contributed by atoms with Crippen LogP contribution in [0.4, 0.5) is 4.79 Å². The molecule has 6 nitrogen and oxygen atoms in total. The minimum Gasteiger partial charge on any atom is -0.480 e.